The van der Waals surface area contributed by atoms with Crippen molar-refractivity contribution in [3.8, 4) is 0 Å². The molecule has 0 aromatic rings. The maximum absolute atomic E-state index is 12.1. The second-order valence-corrected chi connectivity index (χ2v) is 5.25. The van der Waals surface area contributed by atoms with E-state index >= 15 is 0 Å². The smallest absolute Gasteiger partial charge is 0.415 e. The lowest BCUT2D eigenvalue weighted by Gasteiger charge is -2.23. The van der Waals surface area contributed by atoms with Crippen LogP contribution in [0.1, 0.15) is 20.8 Å². The first-order valence-electron chi connectivity index (χ1n) is 5.82. The number of hydrogen-bond acceptors (Lipinski definition) is 4. The van der Waals surface area contributed by atoms with Crippen LogP contribution >= 0.6 is 0 Å². The summed E-state index contributed by atoms with van der Waals surface area (Å²) in [7, 11) is 1.42. The van der Waals surface area contributed by atoms with Crippen LogP contribution in [-0.4, -0.2) is 60.7 Å². The number of amides is 1. The molecule has 0 aromatic heterocycles. The molecule has 114 valence electrons. The highest BCUT2D eigenvalue weighted by Gasteiger charge is 2.38. The van der Waals surface area contributed by atoms with Crippen LogP contribution in [0.3, 0.4) is 0 Å². The zero-order valence-corrected chi connectivity index (χ0v) is 11.5. The average molecular weight is 286 g/mol. The van der Waals surface area contributed by atoms with Crippen LogP contribution in [0, 0.1) is 0 Å². The molecule has 0 aliphatic carbocycles. The van der Waals surface area contributed by atoms with Crippen LogP contribution in [0.5, 0.6) is 0 Å². The molecule has 1 amide bonds. The summed E-state index contributed by atoms with van der Waals surface area (Å²) in [6.07, 6.45) is -7.65. The van der Waals surface area contributed by atoms with E-state index in [-0.39, 0.29) is 13.1 Å². The summed E-state index contributed by atoms with van der Waals surface area (Å²) in [4.78, 5) is 12.5. The Morgan fingerprint density at radius 1 is 1.37 bits per heavy atom. The molecule has 0 spiro atoms. The number of halogens is 3. The third-order valence-corrected chi connectivity index (χ3v) is 2.02. The van der Waals surface area contributed by atoms with Gasteiger partial charge in [-0.05, 0) is 27.8 Å². The van der Waals surface area contributed by atoms with Gasteiger partial charge >= 0.3 is 12.3 Å². The molecule has 0 radical (unpaired) electrons. The fourth-order valence-corrected chi connectivity index (χ4v) is 1.15. The second kappa shape index (κ2) is 6.95. The van der Waals surface area contributed by atoms with Crippen molar-refractivity contribution < 1.29 is 27.8 Å². The number of alkyl halides is 3. The maximum atomic E-state index is 12.1. The largest absolute Gasteiger partial charge is 0.444 e. The van der Waals surface area contributed by atoms with Crippen molar-refractivity contribution in [2.24, 2.45) is 0 Å². The zero-order chi connectivity index (χ0) is 15.3. The van der Waals surface area contributed by atoms with Gasteiger partial charge < -0.3 is 20.1 Å². The molecule has 1 atom stereocenters. The molecular formula is C11H21F3N2O3. The molecule has 0 rings (SSSR count). The van der Waals surface area contributed by atoms with Gasteiger partial charge in [-0.25, -0.2) is 4.79 Å². The minimum absolute atomic E-state index is 0.135. The van der Waals surface area contributed by atoms with Crippen LogP contribution in [0.15, 0.2) is 0 Å². The lowest BCUT2D eigenvalue weighted by molar-refractivity contribution is -0.207. The van der Waals surface area contributed by atoms with Crippen LogP contribution < -0.4 is 5.32 Å². The molecular weight excluding hydrogens is 265 g/mol. The lowest BCUT2D eigenvalue weighted by Crippen LogP contribution is -2.42. The highest BCUT2D eigenvalue weighted by Crippen LogP contribution is 2.20. The van der Waals surface area contributed by atoms with E-state index in [0.29, 0.717) is 0 Å². The quantitative estimate of drug-likeness (QED) is 0.801. The number of carbonyl (C=O) groups excluding carboxylic acids is 1. The molecule has 0 aliphatic heterocycles. The van der Waals surface area contributed by atoms with Crippen LogP contribution in [0.4, 0.5) is 18.0 Å². The van der Waals surface area contributed by atoms with Crippen molar-refractivity contribution in [2.75, 3.05) is 26.7 Å². The van der Waals surface area contributed by atoms with E-state index in [0.717, 1.165) is 0 Å². The van der Waals surface area contributed by atoms with Gasteiger partial charge in [0.05, 0.1) is 0 Å². The number of nitrogens with one attached hydrogen (secondary N) is 1. The van der Waals surface area contributed by atoms with Crippen LogP contribution in [-0.2, 0) is 4.74 Å². The van der Waals surface area contributed by atoms with E-state index in [1.54, 1.807) is 20.8 Å². The zero-order valence-electron chi connectivity index (χ0n) is 11.5. The van der Waals surface area contributed by atoms with E-state index in [1.165, 1.54) is 11.9 Å². The Labute approximate surface area is 110 Å². The predicted molar refractivity (Wildman–Crippen MR) is 63.8 cm³/mol. The summed E-state index contributed by atoms with van der Waals surface area (Å²) < 4.78 is 41.2. The Kier molecular flexibility index (Phi) is 6.58. The summed E-state index contributed by atoms with van der Waals surface area (Å²) >= 11 is 0. The SMILES string of the molecule is CN(CCNC(=O)OC(C)(C)C)CC(O)C(F)(F)F. The van der Waals surface area contributed by atoms with Gasteiger partial charge in [0.25, 0.3) is 0 Å². The number of aliphatic hydroxyl groups excluding tert-OH is 1. The highest BCUT2D eigenvalue weighted by molar-refractivity contribution is 5.67. The monoisotopic (exact) mass is 286 g/mol. The Balaban J connectivity index is 3.87. The normalized spacial score (nSPS) is 14.4. The second-order valence-electron chi connectivity index (χ2n) is 5.25. The Bertz CT molecular complexity index is 290. The van der Waals surface area contributed by atoms with Crippen LogP contribution in [0.25, 0.3) is 0 Å². The van der Waals surface area contributed by atoms with E-state index in [2.05, 4.69) is 5.32 Å². The van der Waals surface area contributed by atoms with Gasteiger partial charge in [-0.1, -0.05) is 0 Å². The standard InChI is InChI=1S/C11H21F3N2O3/c1-10(2,3)19-9(18)15-5-6-16(4)7-8(17)11(12,13)14/h8,17H,5-7H2,1-4H3,(H,15,18). The minimum Gasteiger partial charge on any atom is -0.444 e. The Hall–Kier alpha value is -1.02. The molecule has 0 aliphatic rings. The molecule has 0 saturated heterocycles. The van der Waals surface area contributed by atoms with Gasteiger partial charge in [0.15, 0.2) is 6.10 Å². The number of alkyl carbamates (subject to hydrolysis) is 1. The first-order chi connectivity index (χ1) is 8.42. The number of likely N-dealkylation sites (N-methyl/N-ethyl adjacent to an activating group) is 1. The fourth-order valence-electron chi connectivity index (χ4n) is 1.15. The number of rotatable bonds is 5. The third-order valence-electron chi connectivity index (χ3n) is 2.02. The molecule has 0 saturated carbocycles. The van der Waals surface area contributed by atoms with Crippen molar-refractivity contribution in [3.05, 3.63) is 0 Å². The number of hydrogen-bond donors (Lipinski definition) is 2. The van der Waals surface area contributed by atoms with Crippen molar-refractivity contribution >= 4 is 6.09 Å². The molecule has 8 heteroatoms. The topological polar surface area (TPSA) is 61.8 Å². The van der Waals surface area contributed by atoms with Crippen molar-refractivity contribution in [3.63, 3.8) is 0 Å². The Morgan fingerprint density at radius 2 is 1.89 bits per heavy atom. The maximum Gasteiger partial charge on any atom is 0.415 e. The van der Waals surface area contributed by atoms with Gasteiger partial charge in [-0.2, -0.15) is 13.2 Å². The van der Waals surface area contributed by atoms with Crippen molar-refractivity contribution in [2.45, 2.75) is 38.7 Å². The summed E-state index contributed by atoms with van der Waals surface area (Å²) in [5, 5.41) is 11.3. The molecule has 0 aromatic carbocycles. The molecule has 0 heterocycles. The predicted octanol–water partition coefficient (Wildman–Crippen LogP) is 1.37. The first-order valence-corrected chi connectivity index (χ1v) is 5.82. The van der Waals surface area contributed by atoms with Gasteiger partial charge in [0, 0.05) is 19.6 Å². The molecule has 5 nitrogen and oxygen atoms in total. The minimum atomic E-state index is -4.63. The van der Waals surface area contributed by atoms with Gasteiger partial charge in [-0.15, -0.1) is 0 Å². The van der Waals surface area contributed by atoms with E-state index in [4.69, 9.17) is 9.84 Å². The van der Waals surface area contributed by atoms with E-state index in [1.807, 2.05) is 0 Å². The molecule has 19 heavy (non-hydrogen) atoms. The van der Waals surface area contributed by atoms with Crippen molar-refractivity contribution in [1.82, 2.24) is 10.2 Å². The molecule has 1 unspecified atom stereocenters. The van der Waals surface area contributed by atoms with Crippen molar-refractivity contribution in [1.29, 1.82) is 0 Å². The summed E-state index contributed by atoms with van der Waals surface area (Å²) in [5.41, 5.74) is -0.623. The number of aliphatic hydroxyl groups is 1. The van der Waals surface area contributed by atoms with Gasteiger partial charge in [0.1, 0.15) is 5.60 Å². The fraction of sp³-hybridized carbons (Fsp3) is 0.909. The average Bonchev–Trinajstić information content (AvgIpc) is 2.12. The molecule has 0 fully saturated rings. The number of nitrogens with zero attached hydrogens (tertiary/aromatic N) is 1. The first kappa shape index (κ1) is 18.0. The summed E-state index contributed by atoms with van der Waals surface area (Å²) in [6, 6.07) is 0. The van der Waals surface area contributed by atoms with Gasteiger partial charge in [0.2, 0.25) is 0 Å². The number of carbonyl (C=O) groups is 1. The third kappa shape index (κ3) is 9.54. The highest BCUT2D eigenvalue weighted by atomic mass is 19.4. The molecule has 2 N–H and O–H groups in total. The summed E-state index contributed by atoms with van der Waals surface area (Å²) in [6.45, 7) is 4.89. The van der Waals surface area contributed by atoms with Gasteiger partial charge in [-0.3, -0.25) is 0 Å². The molecule has 0 bridgehead atoms. The lowest BCUT2D eigenvalue weighted by atomic mass is 10.2. The van der Waals surface area contributed by atoms with E-state index in [9.17, 15) is 18.0 Å². The summed E-state index contributed by atoms with van der Waals surface area (Å²) in [5.74, 6) is 0. The van der Waals surface area contributed by atoms with Crippen LogP contribution in [0.2, 0.25) is 0 Å². The number of ether oxygens (including phenoxy) is 1. The van der Waals surface area contributed by atoms with E-state index < -0.39 is 30.5 Å². The Morgan fingerprint density at radius 3 is 2.32 bits per heavy atom.